The van der Waals surface area contributed by atoms with Crippen LogP contribution in [0, 0.1) is 0 Å². The zero-order valence-corrected chi connectivity index (χ0v) is 12.0. The summed E-state index contributed by atoms with van der Waals surface area (Å²) in [5.74, 6) is 7.92. The molecule has 0 aromatic carbocycles. The number of hydrogen-bond donors (Lipinski definition) is 2. The van der Waals surface area contributed by atoms with Gasteiger partial charge in [-0.1, -0.05) is 19.9 Å². The van der Waals surface area contributed by atoms with Crippen LogP contribution in [0.1, 0.15) is 31.3 Å². The fourth-order valence-electron chi connectivity index (χ4n) is 1.80. The molecule has 2 heterocycles. The van der Waals surface area contributed by atoms with Crippen molar-refractivity contribution in [1.82, 2.24) is 15.0 Å². The summed E-state index contributed by atoms with van der Waals surface area (Å²) in [7, 11) is 1.97. The topological polar surface area (TPSA) is 80.0 Å². The maximum atomic E-state index is 5.47. The lowest BCUT2D eigenvalue weighted by molar-refractivity contribution is 0.761. The maximum absolute atomic E-state index is 5.47. The fourth-order valence-corrected chi connectivity index (χ4v) is 1.80. The number of anilines is 2. The van der Waals surface area contributed by atoms with Gasteiger partial charge in [-0.25, -0.2) is 15.8 Å². The molecule has 2 rings (SSSR count). The highest BCUT2D eigenvalue weighted by molar-refractivity contribution is 5.48. The first-order chi connectivity index (χ1) is 9.60. The van der Waals surface area contributed by atoms with Crippen LogP contribution in [0.2, 0.25) is 0 Å². The van der Waals surface area contributed by atoms with Crippen molar-refractivity contribution in [2.75, 3.05) is 17.4 Å². The summed E-state index contributed by atoms with van der Waals surface area (Å²) >= 11 is 0. The summed E-state index contributed by atoms with van der Waals surface area (Å²) in [6.45, 7) is 4.79. The summed E-state index contributed by atoms with van der Waals surface area (Å²) in [6.07, 6.45) is 1.79. The Balaban J connectivity index is 2.24. The highest BCUT2D eigenvalue weighted by Crippen LogP contribution is 2.19. The smallest absolute Gasteiger partial charge is 0.145 e. The van der Waals surface area contributed by atoms with Gasteiger partial charge in [0, 0.05) is 25.2 Å². The van der Waals surface area contributed by atoms with E-state index in [4.69, 9.17) is 5.84 Å². The van der Waals surface area contributed by atoms with Crippen molar-refractivity contribution >= 4 is 11.6 Å². The molecule has 2 aromatic rings. The predicted octanol–water partition coefficient (Wildman–Crippen LogP) is 1.92. The second-order valence-electron chi connectivity index (χ2n) is 4.95. The van der Waals surface area contributed by atoms with Gasteiger partial charge in [0.15, 0.2) is 0 Å². The van der Waals surface area contributed by atoms with Crippen LogP contribution in [0.15, 0.2) is 30.5 Å². The van der Waals surface area contributed by atoms with E-state index in [9.17, 15) is 0 Å². The second kappa shape index (κ2) is 6.29. The molecule has 2 aromatic heterocycles. The Kier molecular flexibility index (Phi) is 4.47. The molecule has 106 valence electrons. The molecule has 0 bridgehead atoms. The van der Waals surface area contributed by atoms with E-state index in [2.05, 4.69) is 34.2 Å². The first-order valence-corrected chi connectivity index (χ1v) is 6.56. The van der Waals surface area contributed by atoms with E-state index >= 15 is 0 Å². The molecule has 0 unspecified atom stereocenters. The van der Waals surface area contributed by atoms with Gasteiger partial charge >= 0.3 is 0 Å². The highest BCUT2D eigenvalue weighted by atomic mass is 15.3. The van der Waals surface area contributed by atoms with Crippen LogP contribution in [0.5, 0.6) is 0 Å². The van der Waals surface area contributed by atoms with Crippen LogP contribution >= 0.6 is 0 Å². The van der Waals surface area contributed by atoms with Gasteiger partial charge < -0.3 is 10.3 Å². The molecule has 0 aliphatic rings. The molecule has 0 amide bonds. The summed E-state index contributed by atoms with van der Waals surface area (Å²) in [5.41, 5.74) is 3.58. The molecule has 0 saturated heterocycles. The third kappa shape index (κ3) is 3.42. The van der Waals surface area contributed by atoms with Crippen LogP contribution < -0.4 is 16.2 Å². The van der Waals surface area contributed by atoms with Gasteiger partial charge in [-0.05, 0) is 12.1 Å². The molecular weight excluding hydrogens is 252 g/mol. The van der Waals surface area contributed by atoms with Crippen molar-refractivity contribution in [2.45, 2.75) is 26.3 Å². The molecule has 0 aliphatic carbocycles. The Morgan fingerprint density at radius 1 is 1.30 bits per heavy atom. The Labute approximate surface area is 119 Å². The number of hydrazine groups is 1. The number of rotatable bonds is 5. The Bertz CT molecular complexity index is 555. The second-order valence-corrected chi connectivity index (χ2v) is 4.95. The molecule has 0 spiro atoms. The van der Waals surface area contributed by atoms with E-state index in [1.54, 1.807) is 6.20 Å². The lowest BCUT2D eigenvalue weighted by atomic mass is 10.2. The average Bonchev–Trinajstić information content (AvgIpc) is 2.47. The number of nitrogens with zero attached hydrogens (tertiary/aromatic N) is 4. The van der Waals surface area contributed by atoms with Crippen LogP contribution in [0.25, 0.3) is 0 Å². The molecule has 0 fully saturated rings. The molecular formula is C14H20N6. The van der Waals surface area contributed by atoms with Gasteiger partial charge in [-0.15, -0.1) is 0 Å². The summed E-state index contributed by atoms with van der Waals surface area (Å²) in [5, 5.41) is 0. The van der Waals surface area contributed by atoms with Crippen molar-refractivity contribution in [2.24, 2.45) is 5.84 Å². The number of pyridine rings is 1. The van der Waals surface area contributed by atoms with E-state index < -0.39 is 0 Å². The SMILES string of the molecule is CC(C)c1nc(NN)cc(N(C)Cc2ccccn2)n1. The fraction of sp³-hybridized carbons (Fsp3) is 0.357. The average molecular weight is 272 g/mol. The first kappa shape index (κ1) is 14.2. The van der Waals surface area contributed by atoms with Gasteiger partial charge in [0.2, 0.25) is 0 Å². The van der Waals surface area contributed by atoms with Crippen LogP contribution in [-0.4, -0.2) is 22.0 Å². The lowest BCUT2D eigenvalue weighted by Gasteiger charge is -2.19. The zero-order valence-electron chi connectivity index (χ0n) is 12.0. The van der Waals surface area contributed by atoms with Crippen molar-refractivity contribution in [3.63, 3.8) is 0 Å². The van der Waals surface area contributed by atoms with E-state index in [0.717, 1.165) is 17.3 Å². The Morgan fingerprint density at radius 2 is 2.10 bits per heavy atom. The molecule has 0 aliphatic heterocycles. The van der Waals surface area contributed by atoms with Gasteiger partial charge in [-0.2, -0.15) is 0 Å². The normalized spacial score (nSPS) is 10.7. The third-order valence-electron chi connectivity index (χ3n) is 2.91. The van der Waals surface area contributed by atoms with Gasteiger partial charge in [-0.3, -0.25) is 4.98 Å². The van der Waals surface area contributed by atoms with E-state index in [1.165, 1.54) is 0 Å². The molecule has 3 N–H and O–H groups in total. The standard InChI is InChI=1S/C14H20N6/c1-10(2)14-17-12(19-15)8-13(18-14)20(3)9-11-6-4-5-7-16-11/h4-8,10H,9,15H2,1-3H3,(H,17,18,19). The maximum Gasteiger partial charge on any atom is 0.145 e. The van der Waals surface area contributed by atoms with Crippen molar-refractivity contribution < 1.29 is 0 Å². The Hall–Kier alpha value is -2.21. The number of nitrogen functional groups attached to an aromatic ring is 1. The summed E-state index contributed by atoms with van der Waals surface area (Å²) in [4.78, 5) is 15.3. The molecule has 0 atom stereocenters. The quantitative estimate of drug-likeness (QED) is 0.639. The molecule has 0 saturated carbocycles. The highest BCUT2D eigenvalue weighted by Gasteiger charge is 2.11. The largest absolute Gasteiger partial charge is 0.354 e. The number of nitrogens with one attached hydrogen (secondary N) is 1. The minimum absolute atomic E-state index is 0.241. The molecule has 20 heavy (non-hydrogen) atoms. The zero-order chi connectivity index (χ0) is 14.5. The number of hydrogen-bond acceptors (Lipinski definition) is 6. The summed E-state index contributed by atoms with van der Waals surface area (Å²) < 4.78 is 0. The first-order valence-electron chi connectivity index (χ1n) is 6.56. The number of aromatic nitrogens is 3. The van der Waals surface area contributed by atoms with Crippen molar-refractivity contribution in [3.05, 3.63) is 42.0 Å². The monoisotopic (exact) mass is 272 g/mol. The van der Waals surface area contributed by atoms with Gasteiger partial charge in [0.1, 0.15) is 17.5 Å². The minimum atomic E-state index is 0.241. The third-order valence-corrected chi connectivity index (χ3v) is 2.91. The summed E-state index contributed by atoms with van der Waals surface area (Å²) in [6, 6.07) is 7.70. The van der Waals surface area contributed by atoms with Gasteiger partial charge in [0.05, 0.1) is 12.2 Å². The van der Waals surface area contributed by atoms with Crippen molar-refractivity contribution in [3.8, 4) is 0 Å². The van der Waals surface area contributed by atoms with E-state index in [-0.39, 0.29) is 5.92 Å². The van der Waals surface area contributed by atoms with Crippen LogP contribution in [0.3, 0.4) is 0 Å². The molecule has 6 nitrogen and oxygen atoms in total. The Morgan fingerprint density at radius 3 is 2.70 bits per heavy atom. The molecule has 6 heteroatoms. The molecule has 0 radical (unpaired) electrons. The predicted molar refractivity (Wildman–Crippen MR) is 80.3 cm³/mol. The van der Waals surface area contributed by atoms with E-state index in [0.29, 0.717) is 12.4 Å². The number of nitrogens with two attached hydrogens (primary N) is 1. The van der Waals surface area contributed by atoms with E-state index in [1.807, 2.05) is 36.2 Å². The lowest BCUT2D eigenvalue weighted by Crippen LogP contribution is -2.20. The van der Waals surface area contributed by atoms with Crippen LogP contribution in [0.4, 0.5) is 11.6 Å². The van der Waals surface area contributed by atoms with Crippen molar-refractivity contribution in [1.29, 1.82) is 0 Å². The minimum Gasteiger partial charge on any atom is -0.354 e. The van der Waals surface area contributed by atoms with Crippen LogP contribution in [-0.2, 0) is 6.54 Å². The van der Waals surface area contributed by atoms with Gasteiger partial charge in [0.25, 0.3) is 0 Å².